The highest BCUT2D eigenvalue weighted by Crippen LogP contribution is 2.19. The van der Waals surface area contributed by atoms with E-state index >= 15 is 0 Å². The molecule has 5 nitrogen and oxygen atoms in total. The van der Waals surface area contributed by atoms with Crippen LogP contribution in [0.2, 0.25) is 0 Å². The number of aryl methyl sites for hydroxylation is 1. The Bertz CT molecular complexity index is 847. The van der Waals surface area contributed by atoms with Gasteiger partial charge in [0.05, 0.1) is 16.8 Å². The molecule has 1 N–H and O–H groups in total. The van der Waals surface area contributed by atoms with Gasteiger partial charge in [-0.3, -0.25) is 9.36 Å². The maximum atomic E-state index is 13.2. The molecule has 0 atom stereocenters. The van der Waals surface area contributed by atoms with E-state index in [9.17, 15) is 19.1 Å². The predicted molar refractivity (Wildman–Crippen MR) is 73.1 cm³/mol. The van der Waals surface area contributed by atoms with Crippen molar-refractivity contribution in [1.29, 1.82) is 5.26 Å². The number of carboxylic acids is 1. The highest BCUT2D eigenvalue weighted by atomic mass is 19.1. The van der Waals surface area contributed by atoms with Gasteiger partial charge in [0.25, 0.3) is 5.56 Å². The molecular weight excluding hydrogens is 275 g/mol. The summed E-state index contributed by atoms with van der Waals surface area (Å²) < 4.78 is 14.3. The molecule has 0 radical (unpaired) electrons. The summed E-state index contributed by atoms with van der Waals surface area (Å²) in [6.45, 7) is 3.00. The van der Waals surface area contributed by atoms with Crippen molar-refractivity contribution in [3.05, 3.63) is 62.8 Å². The first kappa shape index (κ1) is 14.5. The van der Waals surface area contributed by atoms with Crippen LogP contribution in [0.15, 0.2) is 29.1 Å². The van der Waals surface area contributed by atoms with Gasteiger partial charge < -0.3 is 5.11 Å². The second-order valence-corrected chi connectivity index (χ2v) is 4.54. The van der Waals surface area contributed by atoms with Crippen molar-refractivity contribution in [3.63, 3.8) is 0 Å². The summed E-state index contributed by atoms with van der Waals surface area (Å²) in [5, 5.41) is 18.3. The van der Waals surface area contributed by atoms with Crippen LogP contribution >= 0.6 is 0 Å². The summed E-state index contributed by atoms with van der Waals surface area (Å²) in [6, 6.07) is 6.38. The molecule has 0 amide bonds. The standard InChI is InChI=1S/C15H11FN2O3/c1-8-5-13(19)18(9(2)14(8)15(20)21)12-4-3-11(16)6-10(12)7-17/h3-6H,1-2H3,(H,20,21). The Morgan fingerprint density at radius 1 is 1.33 bits per heavy atom. The number of benzene rings is 1. The Hall–Kier alpha value is -2.94. The number of aromatic nitrogens is 1. The van der Waals surface area contributed by atoms with E-state index in [1.807, 2.05) is 0 Å². The monoisotopic (exact) mass is 286 g/mol. The Balaban J connectivity index is 2.89. The van der Waals surface area contributed by atoms with Gasteiger partial charge in [0.15, 0.2) is 0 Å². The zero-order valence-corrected chi connectivity index (χ0v) is 11.3. The number of nitriles is 1. The lowest BCUT2D eigenvalue weighted by Crippen LogP contribution is -2.24. The minimum Gasteiger partial charge on any atom is -0.478 e. The van der Waals surface area contributed by atoms with Crippen LogP contribution in [0.3, 0.4) is 0 Å². The summed E-state index contributed by atoms with van der Waals surface area (Å²) >= 11 is 0. The van der Waals surface area contributed by atoms with E-state index in [1.165, 1.54) is 26.0 Å². The highest BCUT2D eigenvalue weighted by Gasteiger charge is 2.18. The smallest absolute Gasteiger partial charge is 0.337 e. The van der Waals surface area contributed by atoms with Gasteiger partial charge in [0.1, 0.15) is 11.9 Å². The number of halogens is 1. The molecule has 21 heavy (non-hydrogen) atoms. The summed E-state index contributed by atoms with van der Waals surface area (Å²) in [4.78, 5) is 23.5. The highest BCUT2D eigenvalue weighted by molar-refractivity contribution is 5.90. The molecule has 0 unspecified atom stereocenters. The van der Waals surface area contributed by atoms with Crippen LogP contribution < -0.4 is 5.56 Å². The van der Waals surface area contributed by atoms with Crippen molar-refractivity contribution in [2.24, 2.45) is 0 Å². The fraction of sp³-hybridized carbons (Fsp3) is 0.133. The molecule has 0 aliphatic heterocycles. The molecule has 2 rings (SSSR count). The molecule has 106 valence electrons. The van der Waals surface area contributed by atoms with E-state index < -0.39 is 17.3 Å². The van der Waals surface area contributed by atoms with Gasteiger partial charge in [-0.05, 0) is 37.6 Å². The third kappa shape index (κ3) is 2.41. The Morgan fingerprint density at radius 3 is 2.57 bits per heavy atom. The van der Waals surface area contributed by atoms with Gasteiger partial charge in [-0.15, -0.1) is 0 Å². The molecule has 1 aromatic heterocycles. The second-order valence-electron chi connectivity index (χ2n) is 4.54. The van der Waals surface area contributed by atoms with Crippen molar-refractivity contribution >= 4 is 5.97 Å². The SMILES string of the molecule is Cc1cc(=O)n(-c2ccc(F)cc2C#N)c(C)c1C(=O)O. The Labute approximate surface area is 119 Å². The lowest BCUT2D eigenvalue weighted by molar-refractivity contribution is 0.0694. The molecule has 0 spiro atoms. The normalized spacial score (nSPS) is 10.2. The van der Waals surface area contributed by atoms with Gasteiger partial charge in [0, 0.05) is 11.8 Å². The minimum atomic E-state index is -1.17. The quantitative estimate of drug-likeness (QED) is 0.917. The van der Waals surface area contributed by atoms with Gasteiger partial charge in [-0.2, -0.15) is 5.26 Å². The van der Waals surface area contributed by atoms with Gasteiger partial charge in [-0.25, -0.2) is 9.18 Å². The first-order chi connectivity index (χ1) is 9.86. The molecule has 0 saturated carbocycles. The van der Waals surface area contributed by atoms with Gasteiger partial charge >= 0.3 is 5.97 Å². The van der Waals surface area contributed by atoms with Crippen LogP contribution in [0.1, 0.15) is 27.2 Å². The summed E-state index contributed by atoms with van der Waals surface area (Å²) in [6.07, 6.45) is 0. The fourth-order valence-corrected chi connectivity index (χ4v) is 2.30. The van der Waals surface area contributed by atoms with Crippen LogP contribution in [-0.2, 0) is 0 Å². The van der Waals surface area contributed by atoms with E-state index in [2.05, 4.69) is 0 Å². The molecular formula is C15H11FN2O3. The first-order valence-corrected chi connectivity index (χ1v) is 6.03. The van der Waals surface area contributed by atoms with Gasteiger partial charge in [0.2, 0.25) is 0 Å². The molecule has 1 heterocycles. The molecule has 0 bridgehead atoms. The predicted octanol–water partition coefficient (Wildman–Crippen LogP) is 2.16. The van der Waals surface area contributed by atoms with Crippen molar-refractivity contribution in [2.75, 3.05) is 0 Å². The lowest BCUT2D eigenvalue weighted by atomic mass is 10.1. The van der Waals surface area contributed by atoms with Crippen molar-refractivity contribution < 1.29 is 14.3 Å². The van der Waals surface area contributed by atoms with Crippen LogP contribution in [0.5, 0.6) is 0 Å². The number of aromatic carboxylic acids is 1. The topological polar surface area (TPSA) is 83.1 Å². The maximum absolute atomic E-state index is 13.2. The largest absolute Gasteiger partial charge is 0.478 e. The number of nitrogens with zero attached hydrogens (tertiary/aromatic N) is 2. The number of rotatable bonds is 2. The number of pyridine rings is 1. The molecule has 6 heteroatoms. The van der Waals surface area contributed by atoms with E-state index in [4.69, 9.17) is 5.26 Å². The Morgan fingerprint density at radius 2 is 2.00 bits per heavy atom. The average Bonchev–Trinajstić information content (AvgIpc) is 2.39. The molecule has 0 fully saturated rings. The van der Waals surface area contributed by atoms with Crippen LogP contribution in [0.4, 0.5) is 4.39 Å². The number of carbonyl (C=O) groups is 1. The van der Waals surface area contributed by atoms with Crippen LogP contribution in [-0.4, -0.2) is 15.6 Å². The zero-order valence-electron chi connectivity index (χ0n) is 11.3. The molecule has 2 aromatic rings. The summed E-state index contributed by atoms with van der Waals surface area (Å²) in [5.74, 6) is -1.77. The van der Waals surface area contributed by atoms with Crippen LogP contribution in [0.25, 0.3) is 5.69 Å². The second kappa shape index (κ2) is 5.21. The van der Waals surface area contributed by atoms with E-state index in [0.29, 0.717) is 5.56 Å². The molecule has 0 aliphatic carbocycles. The number of hydrogen-bond acceptors (Lipinski definition) is 3. The summed E-state index contributed by atoms with van der Waals surface area (Å²) in [5.41, 5.74) is 0.155. The molecule has 0 aliphatic rings. The van der Waals surface area contributed by atoms with E-state index in [-0.39, 0.29) is 22.5 Å². The first-order valence-electron chi connectivity index (χ1n) is 6.03. The zero-order chi connectivity index (χ0) is 15.7. The summed E-state index contributed by atoms with van der Waals surface area (Å²) in [7, 11) is 0. The third-order valence-corrected chi connectivity index (χ3v) is 3.19. The number of carboxylic acid groups (broad SMARTS) is 1. The molecule has 1 aromatic carbocycles. The van der Waals surface area contributed by atoms with Crippen molar-refractivity contribution in [2.45, 2.75) is 13.8 Å². The average molecular weight is 286 g/mol. The lowest BCUT2D eigenvalue weighted by Gasteiger charge is -2.15. The maximum Gasteiger partial charge on any atom is 0.337 e. The third-order valence-electron chi connectivity index (χ3n) is 3.19. The van der Waals surface area contributed by atoms with E-state index in [1.54, 1.807) is 6.07 Å². The van der Waals surface area contributed by atoms with Crippen molar-refractivity contribution in [1.82, 2.24) is 4.57 Å². The van der Waals surface area contributed by atoms with E-state index in [0.717, 1.165) is 16.7 Å². The van der Waals surface area contributed by atoms with Gasteiger partial charge in [-0.1, -0.05) is 0 Å². The number of hydrogen-bond donors (Lipinski definition) is 1. The molecule has 0 saturated heterocycles. The minimum absolute atomic E-state index is 0.0113. The van der Waals surface area contributed by atoms with Crippen molar-refractivity contribution in [3.8, 4) is 11.8 Å². The fourth-order valence-electron chi connectivity index (χ4n) is 2.30. The van der Waals surface area contributed by atoms with Crippen LogP contribution in [0, 0.1) is 31.0 Å². The Kier molecular flexibility index (Phi) is 3.59.